The average molecular weight is 346 g/mol. The normalized spacial score (nSPS) is 11.4. The molecule has 3 rings (SSSR count). The molecule has 2 aromatic carbocycles. The predicted octanol–water partition coefficient (Wildman–Crippen LogP) is 4.55. The molecule has 3 aromatic rings. The van der Waals surface area contributed by atoms with E-state index in [0.717, 1.165) is 17.7 Å². The molecule has 0 fully saturated rings. The number of H-pyrrole nitrogens is 1. The molecule has 0 aliphatic rings. The Morgan fingerprint density at radius 2 is 1.64 bits per heavy atom. The number of esters is 1. The second-order valence-electron chi connectivity index (χ2n) is 5.24. The van der Waals surface area contributed by atoms with Gasteiger partial charge in [-0.1, -0.05) is 42.5 Å². The van der Waals surface area contributed by atoms with Gasteiger partial charge in [0.15, 0.2) is 5.69 Å². The van der Waals surface area contributed by atoms with Crippen LogP contribution in [0, 0.1) is 0 Å². The van der Waals surface area contributed by atoms with Crippen LogP contribution in [-0.2, 0) is 10.9 Å². The molecule has 1 N–H and O–H groups in total. The van der Waals surface area contributed by atoms with Crippen LogP contribution in [0.25, 0.3) is 22.6 Å². The molecule has 1 aromatic heterocycles. The smallest absolute Gasteiger partial charge is 0.416 e. The number of nitrogens with one attached hydrogen (secondary N) is 1. The number of imidazole rings is 1. The Morgan fingerprint density at radius 3 is 2.20 bits per heavy atom. The summed E-state index contributed by atoms with van der Waals surface area (Å²) >= 11 is 0. The van der Waals surface area contributed by atoms with Crippen molar-refractivity contribution in [1.29, 1.82) is 0 Å². The maximum atomic E-state index is 12.7. The van der Waals surface area contributed by atoms with Crippen molar-refractivity contribution in [2.24, 2.45) is 0 Å². The molecule has 0 atom stereocenters. The summed E-state index contributed by atoms with van der Waals surface area (Å²) in [5.41, 5.74) is 0.702. The lowest BCUT2D eigenvalue weighted by atomic mass is 10.1. The molecule has 0 unspecified atom stereocenters. The molecule has 0 saturated carbocycles. The minimum Gasteiger partial charge on any atom is -0.464 e. The van der Waals surface area contributed by atoms with Gasteiger partial charge in [0.25, 0.3) is 0 Å². The Hall–Kier alpha value is -3.09. The van der Waals surface area contributed by atoms with E-state index in [9.17, 15) is 18.0 Å². The number of methoxy groups -OCH3 is 1. The highest BCUT2D eigenvalue weighted by atomic mass is 19.4. The lowest BCUT2D eigenvalue weighted by Crippen LogP contribution is -2.05. The predicted molar refractivity (Wildman–Crippen MR) is 85.8 cm³/mol. The Balaban J connectivity index is 2.08. The molecule has 0 radical (unpaired) electrons. The molecule has 25 heavy (non-hydrogen) atoms. The fraction of sp³-hybridized carbons (Fsp3) is 0.111. The molecule has 0 amide bonds. The summed E-state index contributed by atoms with van der Waals surface area (Å²) in [6, 6.07) is 13.6. The van der Waals surface area contributed by atoms with Gasteiger partial charge in [0, 0.05) is 11.1 Å². The molecular formula is C18H13F3N2O2. The maximum Gasteiger partial charge on any atom is 0.416 e. The molecule has 0 spiro atoms. The lowest BCUT2D eigenvalue weighted by Gasteiger charge is -2.07. The highest BCUT2D eigenvalue weighted by Crippen LogP contribution is 2.32. The van der Waals surface area contributed by atoms with Crippen LogP contribution in [0.3, 0.4) is 0 Å². The Morgan fingerprint density at radius 1 is 1.00 bits per heavy atom. The van der Waals surface area contributed by atoms with Gasteiger partial charge in [-0.3, -0.25) is 0 Å². The zero-order chi connectivity index (χ0) is 18.0. The third kappa shape index (κ3) is 3.40. The zero-order valence-corrected chi connectivity index (χ0v) is 13.1. The molecule has 0 aliphatic heterocycles. The van der Waals surface area contributed by atoms with Gasteiger partial charge in [-0.05, 0) is 12.1 Å². The summed E-state index contributed by atoms with van der Waals surface area (Å²) in [7, 11) is 1.22. The highest BCUT2D eigenvalue weighted by molar-refractivity contribution is 5.95. The van der Waals surface area contributed by atoms with E-state index in [2.05, 4.69) is 9.97 Å². The number of alkyl halides is 3. The SMILES string of the molecule is COC(=O)c1nc(-c2ccccc2)[nH]c1-c1ccc(C(F)(F)F)cc1. The Kier molecular flexibility index (Phi) is 4.31. The second-order valence-corrected chi connectivity index (χ2v) is 5.24. The van der Waals surface area contributed by atoms with E-state index in [1.807, 2.05) is 18.2 Å². The lowest BCUT2D eigenvalue weighted by molar-refractivity contribution is -0.137. The number of benzene rings is 2. The summed E-state index contributed by atoms with van der Waals surface area (Å²) in [6.07, 6.45) is -4.42. The first-order valence-electron chi connectivity index (χ1n) is 7.31. The topological polar surface area (TPSA) is 55.0 Å². The minimum absolute atomic E-state index is 0.0149. The van der Waals surface area contributed by atoms with Gasteiger partial charge in [0.1, 0.15) is 5.82 Å². The van der Waals surface area contributed by atoms with Gasteiger partial charge >= 0.3 is 12.1 Å². The summed E-state index contributed by atoms with van der Waals surface area (Å²) in [5, 5.41) is 0. The summed E-state index contributed by atoms with van der Waals surface area (Å²) < 4.78 is 42.9. The number of ether oxygens (including phenoxy) is 1. The van der Waals surface area contributed by atoms with Crippen molar-refractivity contribution in [3.8, 4) is 22.6 Å². The maximum absolute atomic E-state index is 12.7. The van der Waals surface area contributed by atoms with Crippen molar-refractivity contribution in [3.05, 3.63) is 65.9 Å². The molecule has 0 saturated heterocycles. The number of aromatic nitrogens is 2. The summed E-state index contributed by atoms with van der Waals surface area (Å²) in [6.45, 7) is 0. The van der Waals surface area contributed by atoms with E-state index in [1.54, 1.807) is 12.1 Å². The number of carbonyl (C=O) groups excluding carboxylic acids is 1. The summed E-state index contributed by atoms with van der Waals surface area (Å²) in [4.78, 5) is 19.2. The second kappa shape index (κ2) is 6.43. The first-order chi connectivity index (χ1) is 11.9. The van der Waals surface area contributed by atoms with Crippen LogP contribution in [-0.4, -0.2) is 23.0 Å². The standard InChI is InChI=1S/C18H13F3N2O2/c1-25-17(24)15-14(11-7-9-13(10-8-11)18(19,20)21)22-16(23-15)12-5-3-2-4-6-12/h2-10H,1H3,(H,22,23). The number of halogens is 3. The number of hydrogen-bond acceptors (Lipinski definition) is 3. The molecule has 7 heteroatoms. The van der Waals surface area contributed by atoms with Crippen LogP contribution in [0.4, 0.5) is 13.2 Å². The van der Waals surface area contributed by atoms with E-state index < -0.39 is 17.7 Å². The third-order valence-corrected chi connectivity index (χ3v) is 3.63. The van der Waals surface area contributed by atoms with Crippen molar-refractivity contribution in [2.75, 3.05) is 7.11 Å². The molecule has 128 valence electrons. The van der Waals surface area contributed by atoms with Crippen molar-refractivity contribution in [2.45, 2.75) is 6.18 Å². The Bertz CT molecular complexity index is 885. The van der Waals surface area contributed by atoms with E-state index in [1.165, 1.54) is 19.2 Å². The molecule has 1 heterocycles. The fourth-order valence-electron chi connectivity index (χ4n) is 2.39. The van der Waals surface area contributed by atoms with Crippen LogP contribution in [0.5, 0.6) is 0 Å². The minimum atomic E-state index is -4.42. The first-order valence-corrected chi connectivity index (χ1v) is 7.31. The molecule has 4 nitrogen and oxygen atoms in total. The monoisotopic (exact) mass is 346 g/mol. The van der Waals surface area contributed by atoms with Crippen LogP contribution in [0.15, 0.2) is 54.6 Å². The van der Waals surface area contributed by atoms with Gasteiger partial charge in [0.05, 0.1) is 18.4 Å². The van der Waals surface area contributed by atoms with E-state index in [-0.39, 0.29) is 5.69 Å². The fourth-order valence-corrected chi connectivity index (χ4v) is 2.39. The van der Waals surface area contributed by atoms with E-state index in [4.69, 9.17) is 4.74 Å². The number of rotatable bonds is 3. The van der Waals surface area contributed by atoms with E-state index >= 15 is 0 Å². The first kappa shape index (κ1) is 16.8. The van der Waals surface area contributed by atoms with E-state index in [0.29, 0.717) is 17.1 Å². The average Bonchev–Trinajstić information content (AvgIpc) is 3.06. The van der Waals surface area contributed by atoms with Crippen molar-refractivity contribution in [3.63, 3.8) is 0 Å². The molecular weight excluding hydrogens is 333 g/mol. The molecule has 0 aliphatic carbocycles. The summed E-state index contributed by atoms with van der Waals surface area (Å²) in [5.74, 6) is -0.246. The quantitative estimate of drug-likeness (QED) is 0.708. The van der Waals surface area contributed by atoms with Crippen molar-refractivity contribution >= 4 is 5.97 Å². The van der Waals surface area contributed by atoms with Gasteiger partial charge < -0.3 is 9.72 Å². The van der Waals surface area contributed by atoms with Crippen LogP contribution in [0.1, 0.15) is 16.1 Å². The van der Waals surface area contributed by atoms with Gasteiger partial charge in [0.2, 0.25) is 0 Å². The van der Waals surface area contributed by atoms with Crippen LogP contribution in [0.2, 0.25) is 0 Å². The van der Waals surface area contributed by atoms with Crippen molar-refractivity contribution in [1.82, 2.24) is 9.97 Å². The molecule has 0 bridgehead atoms. The number of nitrogens with zero attached hydrogens (tertiary/aromatic N) is 1. The van der Waals surface area contributed by atoms with Crippen LogP contribution < -0.4 is 0 Å². The van der Waals surface area contributed by atoms with Gasteiger partial charge in [-0.2, -0.15) is 13.2 Å². The zero-order valence-electron chi connectivity index (χ0n) is 13.1. The number of carbonyl (C=O) groups is 1. The van der Waals surface area contributed by atoms with Gasteiger partial charge in [-0.15, -0.1) is 0 Å². The van der Waals surface area contributed by atoms with Crippen molar-refractivity contribution < 1.29 is 22.7 Å². The number of aromatic amines is 1. The third-order valence-electron chi connectivity index (χ3n) is 3.63. The number of hydrogen-bond donors (Lipinski definition) is 1. The van der Waals surface area contributed by atoms with Gasteiger partial charge in [-0.25, -0.2) is 9.78 Å². The highest BCUT2D eigenvalue weighted by Gasteiger charge is 2.30. The largest absolute Gasteiger partial charge is 0.464 e. The van der Waals surface area contributed by atoms with Crippen LogP contribution >= 0.6 is 0 Å². The Labute approximate surface area is 141 Å².